The minimum atomic E-state index is -0.00766. The number of nitrogens with one attached hydrogen (secondary N) is 1. The Hall–Kier alpha value is -1.85. The summed E-state index contributed by atoms with van der Waals surface area (Å²) in [5.41, 5.74) is 1.15. The molecule has 2 rings (SSSR count). The average molecular weight is 345 g/mol. The van der Waals surface area contributed by atoms with Crippen molar-refractivity contribution >= 4 is 12.1 Å². The molecule has 1 heterocycles. The fraction of sp³-hybridized carbons (Fsp3) is 0.550. The third-order valence-electron chi connectivity index (χ3n) is 4.59. The third-order valence-corrected chi connectivity index (χ3v) is 4.59. The van der Waals surface area contributed by atoms with Gasteiger partial charge in [-0.3, -0.25) is 0 Å². The molecule has 1 aromatic rings. The minimum Gasteiger partial charge on any atom is -0.383 e. The van der Waals surface area contributed by atoms with Crippen molar-refractivity contribution in [2.75, 3.05) is 53.5 Å². The van der Waals surface area contributed by atoms with Crippen LogP contribution in [0.15, 0.2) is 36.4 Å². The van der Waals surface area contributed by atoms with Crippen molar-refractivity contribution in [1.82, 2.24) is 15.1 Å². The highest BCUT2D eigenvalue weighted by Crippen LogP contribution is 2.15. The Balaban J connectivity index is 1.67. The molecule has 1 saturated heterocycles. The molecule has 2 amide bonds. The van der Waals surface area contributed by atoms with Gasteiger partial charge in [0.25, 0.3) is 0 Å². The summed E-state index contributed by atoms with van der Waals surface area (Å²) in [5, 5.41) is 3.07. The molecule has 5 nitrogen and oxygen atoms in total. The summed E-state index contributed by atoms with van der Waals surface area (Å²) < 4.78 is 5.15. The number of ether oxygens (including phenoxy) is 1. The maximum absolute atomic E-state index is 12.2. The number of likely N-dealkylation sites (N-methyl/N-ethyl adjacent to an activating group) is 1. The zero-order valence-corrected chi connectivity index (χ0v) is 15.5. The Kier molecular flexibility index (Phi) is 8.49. The summed E-state index contributed by atoms with van der Waals surface area (Å²) >= 11 is 0. The van der Waals surface area contributed by atoms with E-state index in [2.05, 4.69) is 22.3 Å². The van der Waals surface area contributed by atoms with Crippen molar-refractivity contribution in [3.63, 3.8) is 0 Å². The number of nitrogens with zero attached hydrogens (tertiary/aromatic N) is 2. The van der Waals surface area contributed by atoms with Crippen LogP contribution in [0.2, 0.25) is 0 Å². The first-order chi connectivity index (χ1) is 12.2. The summed E-state index contributed by atoms with van der Waals surface area (Å²) in [4.78, 5) is 16.4. The Labute approximate surface area is 151 Å². The SMILES string of the molecule is COCCN1CCC[C@@H](CNC(=O)N(C)C/C=C/c2ccccc2)C1. The lowest BCUT2D eigenvalue weighted by atomic mass is 9.98. The van der Waals surface area contributed by atoms with Gasteiger partial charge in [-0.15, -0.1) is 0 Å². The van der Waals surface area contributed by atoms with Crippen LogP contribution in [-0.4, -0.2) is 69.3 Å². The van der Waals surface area contributed by atoms with Crippen molar-refractivity contribution < 1.29 is 9.53 Å². The van der Waals surface area contributed by atoms with E-state index in [0.29, 0.717) is 12.5 Å². The first-order valence-electron chi connectivity index (χ1n) is 9.11. The number of methoxy groups -OCH3 is 1. The van der Waals surface area contributed by atoms with E-state index in [1.807, 2.05) is 37.4 Å². The molecule has 1 aliphatic rings. The summed E-state index contributed by atoms with van der Waals surface area (Å²) in [7, 11) is 3.57. The van der Waals surface area contributed by atoms with Gasteiger partial charge in [-0.05, 0) is 30.9 Å². The fourth-order valence-corrected chi connectivity index (χ4v) is 3.10. The van der Waals surface area contributed by atoms with E-state index in [4.69, 9.17) is 4.74 Å². The number of carbonyl (C=O) groups excluding carboxylic acids is 1. The predicted octanol–water partition coefficient (Wildman–Crippen LogP) is 2.70. The molecule has 1 aromatic carbocycles. The van der Waals surface area contributed by atoms with Crippen molar-refractivity contribution in [1.29, 1.82) is 0 Å². The molecule has 1 N–H and O–H groups in total. The molecule has 1 fully saturated rings. The zero-order valence-electron chi connectivity index (χ0n) is 15.5. The van der Waals surface area contributed by atoms with E-state index in [9.17, 15) is 4.79 Å². The predicted molar refractivity (Wildman–Crippen MR) is 103 cm³/mol. The second-order valence-electron chi connectivity index (χ2n) is 6.68. The van der Waals surface area contributed by atoms with Crippen molar-refractivity contribution in [2.45, 2.75) is 12.8 Å². The summed E-state index contributed by atoms with van der Waals surface area (Å²) in [5.74, 6) is 0.530. The van der Waals surface area contributed by atoms with E-state index in [1.165, 1.54) is 12.8 Å². The molecule has 1 atom stereocenters. The number of benzene rings is 1. The normalized spacial score (nSPS) is 18.4. The average Bonchev–Trinajstić information content (AvgIpc) is 2.65. The van der Waals surface area contributed by atoms with Crippen LogP contribution in [0.3, 0.4) is 0 Å². The Morgan fingerprint density at radius 1 is 1.40 bits per heavy atom. The molecule has 0 aliphatic carbocycles. The highest BCUT2D eigenvalue weighted by Gasteiger charge is 2.20. The van der Waals surface area contributed by atoms with E-state index < -0.39 is 0 Å². The molecule has 0 bridgehead atoms. The van der Waals surface area contributed by atoms with Gasteiger partial charge in [0.15, 0.2) is 0 Å². The molecule has 5 heteroatoms. The van der Waals surface area contributed by atoms with Gasteiger partial charge in [0.1, 0.15) is 0 Å². The van der Waals surface area contributed by atoms with Crippen molar-refractivity contribution in [3.8, 4) is 0 Å². The Morgan fingerprint density at radius 3 is 2.96 bits per heavy atom. The highest BCUT2D eigenvalue weighted by molar-refractivity contribution is 5.74. The lowest BCUT2D eigenvalue weighted by Gasteiger charge is -2.32. The van der Waals surface area contributed by atoms with E-state index in [0.717, 1.165) is 38.3 Å². The number of hydrogen-bond donors (Lipinski definition) is 1. The van der Waals surface area contributed by atoms with Gasteiger partial charge in [0.05, 0.1) is 6.61 Å². The van der Waals surface area contributed by atoms with Gasteiger partial charge < -0.3 is 19.9 Å². The third kappa shape index (κ3) is 7.28. The smallest absolute Gasteiger partial charge is 0.317 e. The molecular formula is C20H31N3O2. The fourth-order valence-electron chi connectivity index (χ4n) is 3.10. The number of urea groups is 1. The number of piperidine rings is 1. The van der Waals surface area contributed by atoms with Crippen LogP contribution in [0.25, 0.3) is 6.08 Å². The number of likely N-dealkylation sites (tertiary alicyclic amines) is 1. The van der Waals surface area contributed by atoms with Crippen LogP contribution < -0.4 is 5.32 Å². The second-order valence-corrected chi connectivity index (χ2v) is 6.68. The molecule has 0 unspecified atom stereocenters. The number of hydrogen-bond acceptors (Lipinski definition) is 3. The highest BCUT2D eigenvalue weighted by atomic mass is 16.5. The number of amides is 2. The topological polar surface area (TPSA) is 44.8 Å². The molecule has 25 heavy (non-hydrogen) atoms. The van der Waals surface area contributed by atoms with Gasteiger partial charge >= 0.3 is 6.03 Å². The maximum Gasteiger partial charge on any atom is 0.317 e. The summed E-state index contributed by atoms with van der Waals surface area (Å²) in [6.07, 6.45) is 6.43. The monoisotopic (exact) mass is 345 g/mol. The molecule has 0 radical (unpaired) electrons. The standard InChI is InChI=1S/C20H31N3O2/c1-22(12-6-10-18-8-4-3-5-9-18)20(24)21-16-19-11-7-13-23(17-19)14-15-25-2/h3-6,8-10,19H,7,11-17H2,1-2H3,(H,21,24)/b10-6+/t19-/m0/s1. The van der Waals surface area contributed by atoms with E-state index in [-0.39, 0.29) is 6.03 Å². The summed E-state index contributed by atoms with van der Waals surface area (Å²) in [6, 6.07) is 10.1. The van der Waals surface area contributed by atoms with Gasteiger partial charge in [0.2, 0.25) is 0 Å². The van der Waals surface area contributed by atoms with Gasteiger partial charge in [-0.25, -0.2) is 4.79 Å². The zero-order chi connectivity index (χ0) is 17.9. The van der Waals surface area contributed by atoms with Gasteiger partial charge in [0, 0.05) is 40.3 Å². The largest absolute Gasteiger partial charge is 0.383 e. The first-order valence-corrected chi connectivity index (χ1v) is 9.11. The lowest BCUT2D eigenvalue weighted by molar-refractivity contribution is 0.114. The Morgan fingerprint density at radius 2 is 2.20 bits per heavy atom. The summed E-state index contributed by atoms with van der Waals surface area (Å²) in [6.45, 7) is 5.28. The molecule has 1 aliphatic heterocycles. The quantitative estimate of drug-likeness (QED) is 0.788. The second kappa shape index (κ2) is 10.9. The van der Waals surface area contributed by atoms with Crippen molar-refractivity contribution in [2.24, 2.45) is 5.92 Å². The van der Waals surface area contributed by atoms with E-state index >= 15 is 0 Å². The molecule has 0 spiro atoms. The van der Waals surface area contributed by atoms with Crippen LogP contribution >= 0.6 is 0 Å². The van der Waals surface area contributed by atoms with Crippen LogP contribution in [0.1, 0.15) is 18.4 Å². The van der Waals surface area contributed by atoms with E-state index in [1.54, 1.807) is 12.0 Å². The minimum absolute atomic E-state index is 0.00766. The van der Waals surface area contributed by atoms with Crippen LogP contribution in [0.5, 0.6) is 0 Å². The number of rotatable bonds is 8. The van der Waals surface area contributed by atoms with Crippen LogP contribution in [-0.2, 0) is 4.74 Å². The maximum atomic E-state index is 12.2. The lowest BCUT2D eigenvalue weighted by Crippen LogP contribution is -2.44. The Bertz CT molecular complexity index is 533. The van der Waals surface area contributed by atoms with Crippen LogP contribution in [0.4, 0.5) is 4.79 Å². The van der Waals surface area contributed by atoms with Gasteiger partial charge in [-0.2, -0.15) is 0 Å². The molecule has 0 aromatic heterocycles. The van der Waals surface area contributed by atoms with Crippen molar-refractivity contribution in [3.05, 3.63) is 42.0 Å². The molecule has 0 saturated carbocycles. The molecular weight excluding hydrogens is 314 g/mol. The van der Waals surface area contributed by atoms with Gasteiger partial charge in [-0.1, -0.05) is 42.5 Å². The molecule has 138 valence electrons. The van der Waals surface area contributed by atoms with Crippen LogP contribution in [0, 0.1) is 5.92 Å². The first kappa shape index (κ1) is 19.5. The number of carbonyl (C=O) groups is 1.